The first-order valence-electron chi connectivity index (χ1n) is 7.14. The van der Waals surface area contributed by atoms with Crippen molar-refractivity contribution in [1.29, 1.82) is 0 Å². The molecule has 21 heavy (non-hydrogen) atoms. The first kappa shape index (κ1) is 14.0. The number of anilines is 1. The van der Waals surface area contributed by atoms with Gasteiger partial charge in [-0.15, -0.1) is 0 Å². The average molecular weight is 288 g/mol. The highest BCUT2D eigenvalue weighted by Crippen LogP contribution is 2.34. The number of rotatable bonds is 3. The van der Waals surface area contributed by atoms with Gasteiger partial charge in [0, 0.05) is 30.4 Å². The third-order valence-corrected chi connectivity index (χ3v) is 4.06. The first-order valence-corrected chi connectivity index (χ1v) is 7.14. The lowest BCUT2D eigenvalue weighted by atomic mass is 9.96. The number of halogens is 2. The summed E-state index contributed by atoms with van der Waals surface area (Å²) in [4.78, 5) is 2.11. The van der Waals surface area contributed by atoms with Crippen molar-refractivity contribution in [1.82, 2.24) is 5.32 Å². The van der Waals surface area contributed by atoms with Crippen LogP contribution in [0.4, 0.5) is 14.5 Å². The van der Waals surface area contributed by atoms with Crippen LogP contribution >= 0.6 is 0 Å². The van der Waals surface area contributed by atoms with Crippen molar-refractivity contribution in [3.05, 3.63) is 65.2 Å². The van der Waals surface area contributed by atoms with Crippen LogP contribution < -0.4 is 10.2 Å². The van der Waals surface area contributed by atoms with E-state index in [4.69, 9.17) is 0 Å². The Morgan fingerprint density at radius 2 is 2.00 bits per heavy atom. The summed E-state index contributed by atoms with van der Waals surface area (Å²) in [5, 5.41) is 3.30. The molecule has 0 spiro atoms. The second-order valence-electron chi connectivity index (χ2n) is 5.35. The predicted molar refractivity (Wildman–Crippen MR) is 80.3 cm³/mol. The van der Waals surface area contributed by atoms with E-state index < -0.39 is 5.82 Å². The van der Waals surface area contributed by atoms with Crippen LogP contribution in [0.5, 0.6) is 0 Å². The van der Waals surface area contributed by atoms with Gasteiger partial charge < -0.3 is 10.2 Å². The summed E-state index contributed by atoms with van der Waals surface area (Å²) < 4.78 is 27.2. The van der Waals surface area contributed by atoms with E-state index in [1.165, 1.54) is 17.7 Å². The van der Waals surface area contributed by atoms with Crippen LogP contribution in [0.25, 0.3) is 0 Å². The number of benzene rings is 2. The number of fused-ring (bicyclic) bond motifs is 1. The molecule has 110 valence electrons. The maximum Gasteiger partial charge on any atom is 0.128 e. The number of nitrogens with one attached hydrogen (secondary N) is 1. The summed E-state index contributed by atoms with van der Waals surface area (Å²) >= 11 is 0. The average Bonchev–Trinajstić information content (AvgIpc) is 2.51. The zero-order valence-corrected chi connectivity index (χ0v) is 11.9. The third-order valence-electron chi connectivity index (χ3n) is 4.06. The quantitative estimate of drug-likeness (QED) is 0.927. The van der Waals surface area contributed by atoms with Crippen LogP contribution in [-0.4, -0.2) is 13.6 Å². The molecule has 1 unspecified atom stereocenters. The molecule has 2 aromatic carbocycles. The molecule has 0 fully saturated rings. The molecule has 1 aliphatic rings. The molecule has 0 aliphatic carbocycles. The van der Waals surface area contributed by atoms with Gasteiger partial charge in [0.15, 0.2) is 0 Å². The molecule has 1 atom stereocenters. The zero-order chi connectivity index (χ0) is 14.8. The molecule has 3 rings (SSSR count). The molecular weight excluding hydrogens is 270 g/mol. The molecule has 0 bridgehead atoms. The lowest BCUT2D eigenvalue weighted by Crippen LogP contribution is -2.34. The van der Waals surface area contributed by atoms with Crippen molar-refractivity contribution in [2.45, 2.75) is 19.0 Å². The minimum absolute atomic E-state index is 0.315. The van der Waals surface area contributed by atoms with Gasteiger partial charge in [-0.25, -0.2) is 8.78 Å². The monoisotopic (exact) mass is 288 g/mol. The lowest BCUT2D eigenvalue weighted by Gasteiger charge is -2.35. The Morgan fingerprint density at radius 3 is 2.81 bits per heavy atom. The van der Waals surface area contributed by atoms with Gasteiger partial charge in [-0.2, -0.15) is 0 Å². The van der Waals surface area contributed by atoms with Crippen molar-refractivity contribution in [3.8, 4) is 0 Å². The second-order valence-corrected chi connectivity index (χ2v) is 5.35. The normalized spacial score (nSPS) is 17.7. The maximum atomic E-state index is 13.8. The fourth-order valence-corrected chi connectivity index (χ4v) is 2.97. The summed E-state index contributed by atoms with van der Waals surface area (Å²) in [5.41, 5.74) is 2.70. The number of para-hydroxylation sites is 1. The molecule has 0 saturated heterocycles. The van der Waals surface area contributed by atoms with E-state index in [9.17, 15) is 8.78 Å². The molecule has 2 nitrogen and oxygen atoms in total. The first-order chi connectivity index (χ1) is 10.2. The Morgan fingerprint density at radius 1 is 1.19 bits per heavy atom. The molecule has 0 saturated carbocycles. The number of hydrogen-bond acceptors (Lipinski definition) is 2. The van der Waals surface area contributed by atoms with Crippen LogP contribution in [-0.2, 0) is 6.54 Å². The van der Waals surface area contributed by atoms with Gasteiger partial charge in [-0.3, -0.25) is 0 Å². The topological polar surface area (TPSA) is 15.3 Å². The molecule has 0 aromatic heterocycles. The Bertz CT molecular complexity index is 642. The maximum absolute atomic E-state index is 13.8. The third kappa shape index (κ3) is 2.76. The molecule has 4 heteroatoms. The van der Waals surface area contributed by atoms with Crippen molar-refractivity contribution >= 4 is 5.69 Å². The van der Waals surface area contributed by atoms with Gasteiger partial charge in [0.05, 0.1) is 0 Å². The van der Waals surface area contributed by atoms with Gasteiger partial charge in [0.1, 0.15) is 11.6 Å². The second kappa shape index (κ2) is 5.82. The van der Waals surface area contributed by atoms with Crippen LogP contribution in [0.1, 0.15) is 23.6 Å². The van der Waals surface area contributed by atoms with Gasteiger partial charge in [0.2, 0.25) is 0 Å². The molecule has 2 aromatic rings. The van der Waals surface area contributed by atoms with Gasteiger partial charge in [-0.1, -0.05) is 18.2 Å². The van der Waals surface area contributed by atoms with E-state index in [-0.39, 0.29) is 5.82 Å². The van der Waals surface area contributed by atoms with E-state index >= 15 is 0 Å². The standard InChI is InChI=1S/C17H18F2N2/c1-20-16-8-9-21(17-5-3-2-4-14(16)17)11-12-10-13(18)6-7-15(12)19/h2-7,10,16,20H,8-9,11H2,1H3. The summed E-state index contributed by atoms with van der Waals surface area (Å²) in [7, 11) is 1.95. The van der Waals surface area contributed by atoms with Crippen LogP contribution in [0.2, 0.25) is 0 Å². The Kier molecular flexibility index (Phi) is 3.88. The number of hydrogen-bond donors (Lipinski definition) is 1. The fraction of sp³-hybridized carbons (Fsp3) is 0.294. The SMILES string of the molecule is CNC1CCN(Cc2cc(F)ccc2F)c2ccccc21. The van der Waals surface area contributed by atoms with Crippen molar-refractivity contribution in [2.24, 2.45) is 0 Å². The van der Waals surface area contributed by atoms with Gasteiger partial charge in [-0.05, 0) is 43.3 Å². The van der Waals surface area contributed by atoms with Crippen LogP contribution in [0.15, 0.2) is 42.5 Å². The summed E-state index contributed by atoms with van der Waals surface area (Å²) in [6.45, 7) is 1.20. The largest absolute Gasteiger partial charge is 0.367 e. The molecular formula is C17H18F2N2. The number of nitrogens with zero attached hydrogens (tertiary/aromatic N) is 1. The molecule has 1 aliphatic heterocycles. The minimum Gasteiger partial charge on any atom is -0.367 e. The van der Waals surface area contributed by atoms with E-state index in [0.29, 0.717) is 18.2 Å². The Balaban J connectivity index is 1.92. The highest BCUT2D eigenvalue weighted by atomic mass is 19.1. The molecule has 1 N–H and O–H groups in total. The Labute approximate surface area is 123 Å². The molecule has 1 heterocycles. The van der Waals surface area contributed by atoms with Crippen LogP contribution in [0, 0.1) is 11.6 Å². The zero-order valence-electron chi connectivity index (χ0n) is 11.9. The highest BCUT2D eigenvalue weighted by molar-refractivity contribution is 5.57. The Hall–Kier alpha value is -1.94. The smallest absolute Gasteiger partial charge is 0.128 e. The van der Waals surface area contributed by atoms with Crippen molar-refractivity contribution < 1.29 is 8.78 Å². The van der Waals surface area contributed by atoms with E-state index in [1.54, 1.807) is 0 Å². The lowest BCUT2D eigenvalue weighted by molar-refractivity contribution is 0.510. The molecule has 0 radical (unpaired) electrons. The van der Waals surface area contributed by atoms with Gasteiger partial charge in [0.25, 0.3) is 0 Å². The molecule has 0 amide bonds. The van der Waals surface area contributed by atoms with E-state index in [0.717, 1.165) is 24.7 Å². The van der Waals surface area contributed by atoms with Gasteiger partial charge >= 0.3 is 0 Å². The van der Waals surface area contributed by atoms with E-state index in [1.807, 2.05) is 25.2 Å². The fourth-order valence-electron chi connectivity index (χ4n) is 2.97. The van der Waals surface area contributed by atoms with E-state index in [2.05, 4.69) is 16.3 Å². The highest BCUT2D eigenvalue weighted by Gasteiger charge is 2.24. The summed E-state index contributed by atoms with van der Waals surface area (Å²) in [5.74, 6) is -0.755. The predicted octanol–water partition coefficient (Wildman–Crippen LogP) is 3.64. The minimum atomic E-state index is -0.398. The van der Waals surface area contributed by atoms with Crippen molar-refractivity contribution in [3.63, 3.8) is 0 Å². The van der Waals surface area contributed by atoms with Crippen molar-refractivity contribution in [2.75, 3.05) is 18.5 Å². The summed E-state index contributed by atoms with van der Waals surface area (Å²) in [6, 6.07) is 12.1. The summed E-state index contributed by atoms with van der Waals surface area (Å²) in [6.07, 6.45) is 0.949. The van der Waals surface area contributed by atoms with Crippen LogP contribution in [0.3, 0.4) is 0 Å².